The van der Waals surface area contributed by atoms with E-state index in [1.165, 1.54) is 11.1 Å². The third kappa shape index (κ3) is 3.15. The fraction of sp³-hybridized carbons (Fsp3) is 0.533. The topological polar surface area (TPSA) is 21.3 Å². The second kappa shape index (κ2) is 6.08. The summed E-state index contributed by atoms with van der Waals surface area (Å²) in [5, 5.41) is 3.22. The number of hydrogen-bond acceptors (Lipinski definition) is 2. The van der Waals surface area contributed by atoms with Gasteiger partial charge in [0.15, 0.2) is 0 Å². The van der Waals surface area contributed by atoms with Crippen LogP contribution in [0, 0.1) is 5.92 Å². The average Bonchev–Trinajstić information content (AvgIpc) is 2.96. The zero-order chi connectivity index (χ0) is 13.0. The van der Waals surface area contributed by atoms with E-state index in [9.17, 15) is 0 Å². The molecule has 0 bridgehead atoms. The van der Waals surface area contributed by atoms with E-state index in [-0.39, 0.29) is 0 Å². The Kier molecular flexibility index (Phi) is 4.46. The van der Waals surface area contributed by atoms with Gasteiger partial charge < -0.3 is 0 Å². The van der Waals surface area contributed by atoms with Gasteiger partial charge in [-0.3, -0.25) is 0 Å². The van der Waals surface area contributed by atoms with Crippen LogP contribution in [0.2, 0.25) is 0 Å². The van der Waals surface area contributed by atoms with E-state index < -0.39 is 0 Å². The van der Waals surface area contributed by atoms with Crippen molar-refractivity contribution in [2.45, 2.75) is 33.1 Å². The van der Waals surface area contributed by atoms with Crippen LogP contribution in [0.4, 0.5) is 0 Å². The van der Waals surface area contributed by atoms with E-state index >= 15 is 0 Å². The van der Waals surface area contributed by atoms with Gasteiger partial charge in [-0.05, 0) is 0 Å². The zero-order valence-electron chi connectivity index (χ0n) is 11.3. The van der Waals surface area contributed by atoms with Crippen LogP contribution < -0.4 is 5.32 Å². The van der Waals surface area contributed by atoms with Crippen molar-refractivity contribution in [1.82, 2.24) is 5.32 Å². The summed E-state index contributed by atoms with van der Waals surface area (Å²) >= 11 is 0. The SMILES string of the molecule is [B]=C1CC(/C(C)=C/C2=C(C/C=C/C)OCC2)CN1. The normalized spacial score (nSPS) is 24.8. The van der Waals surface area contributed by atoms with Gasteiger partial charge in [-0.15, -0.1) is 0 Å². The summed E-state index contributed by atoms with van der Waals surface area (Å²) in [7, 11) is 5.80. The van der Waals surface area contributed by atoms with E-state index in [1.807, 2.05) is 6.92 Å². The first-order valence-corrected chi connectivity index (χ1v) is 6.70. The van der Waals surface area contributed by atoms with E-state index in [0.717, 1.165) is 43.8 Å². The Morgan fingerprint density at radius 1 is 1.56 bits per heavy atom. The molecule has 0 amide bonds. The molecule has 2 nitrogen and oxygen atoms in total. The predicted molar refractivity (Wildman–Crippen MR) is 77.7 cm³/mol. The summed E-state index contributed by atoms with van der Waals surface area (Å²) < 4.78 is 5.69. The molecule has 0 aromatic heterocycles. The third-order valence-corrected chi connectivity index (χ3v) is 3.63. The van der Waals surface area contributed by atoms with Crippen LogP contribution in [-0.2, 0) is 4.74 Å². The van der Waals surface area contributed by atoms with Crippen molar-refractivity contribution in [3.05, 3.63) is 35.1 Å². The first-order chi connectivity index (χ1) is 8.70. The molecule has 0 saturated carbocycles. The molecule has 1 unspecified atom stereocenters. The molecule has 1 saturated heterocycles. The Hall–Kier alpha value is -1.25. The van der Waals surface area contributed by atoms with Crippen molar-refractivity contribution in [1.29, 1.82) is 0 Å². The van der Waals surface area contributed by atoms with Crippen LogP contribution in [0.1, 0.15) is 33.1 Å². The Bertz CT molecular complexity index is 420. The fourth-order valence-electron chi connectivity index (χ4n) is 2.46. The Morgan fingerprint density at radius 2 is 2.39 bits per heavy atom. The Labute approximate surface area is 111 Å². The second-order valence-electron chi connectivity index (χ2n) is 5.02. The molecule has 2 aliphatic rings. The van der Waals surface area contributed by atoms with E-state index in [1.54, 1.807) is 0 Å². The maximum atomic E-state index is 5.80. The standard InChI is InChI=1S/C15H21BNO/c1-3-4-5-14-12(6-7-18-14)8-11(2)13-9-15(16)17-10-13/h3-4,8,13,17H,5-7,9-10H2,1-2H3/b4-3+,11-8+. The Balaban J connectivity index is 2.07. The van der Waals surface area contributed by atoms with E-state index in [2.05, 4.69) is 30.5 Å². The number of allylic oxidation sites excluding steroid dienone is 3. The molecule has 3 heteroatoms. The first kappa shape index (κ1) is 13.2. The molecule has 1 fully saturated rings. The van der Waals surface area contributed by atoms with E-state index in [4.69, 9.17) is 12.2 Å². The number of nitrogens with one attached hydrogen (secondary N) is 1. The zero-order valence-corrected chi connectivity index (χ0v) is 11.3. The number of rotatable bonds is 4. The van der Waals surface area contributed by atoms with Crippen molar-refractivity contribution in [2.75, 3.05) is 13.2 Å². The molecule has 1 radical (unpaired) electrons. The van der Waals surface area contributed by atoms with Gasteiger partial charge in [0.05, 0.1) is 0 Å². The summed E-state index contributed by atoms with van der Waals surface area (Å²) in [6.45, 7) is 6.03. The predicted octanol–water partition coefficient (Wildman–Crippen LogP) is 2.48. The second-order valence-corrected chi connectivity index (χ2v) is 5.02. The quantitative estimate of drug-likeness (QED) is 0.604. The van der Waals surface area contributed by atoms with Crippen molar-refractivity contribution >= 4 is 13.1 Å². The molecule has 2 heterocycles. The molecular weight excluding hydrogens is 221 g/mol. The Morgan fingerprint density at radius 3 is 3.06 bits per heavy atom. The van der Waals surface area contributed by atoms with Crippen molar-refractivity contribution in [2.24, 2.45) is 5.92 Å². The molecule has 2 rings (SSSR count). The minimum atomic E-state index is 0.543. The van der Waals surface area contributed by atoms with Gasteiger partial charge in [0.1, 0.15) is 0 Å². The van der Waals surface area contributed by atoms with Gasteiger partial charge in [-0.1, -0.05) is 0 Å². The van der Waals surface area contributed by atoms with E-state index in [0.29, 0.717) is 5.92 Å². The van der Waals surface area contributed by atoms with Crippen molar-refractivity contribution in [3.8, 4) is 0 Å². The summed E-state index contributed by atoms with van der Waals surface area (Å²) in [4.78, 5) is 0. The van der Waals surface area contributed by atoms with Crippen molar-refractivity contribution < 1.29 is 4.74 Å². The molecular formula is C15H21BNO. The van der Waals surface area contributed by atoms with Gasteiger partial charge >= 0.3 is 110 Å². The van der Waals surface area contributed by atoms with Crippen LogP contribution in [0.3, 0.4) is 0 Å². The van der Waals surface area contributed by atoms with Gasteiger partial charge in [0.2, 0.25) is 0 Å². The molecule has 0 spiro atoms. The van der Waals surface area contributed by atoms with Crippen LogP contribution >= 0.6 is 0 Å². The number of hydrogen-bond donors (Lipinski definition) is 1. The third-order valence-electron chi connectivity index (χ3n) is 3.63. The summed E-state index contributed by atoms with van der Waals surface area (Å²) in [6.07, 6.45) is 9.42. The van der Waals surface area contributed by atoms with Crippen LogP contribution in [0.5, 0.6) is 0 Å². The fourth-order valence-corrected chi connectivity index (χ4v) is 2.46. The maximum absolute atomic E-state index is 5.80. The molecule has 0 aliphatic carbocycles. The van der Waals surface area contributed by atoms with Crippen LogP contribution in [0.25, 0.3) is 0 Å². The molecule has 1 atom stereocenters. The molecule has 1 N–H and O–H groups in total. The monoisotopic (exact) mass is 242 g/mol. The summed E-state index contributed by atoms with van der Waals surface area (Å²) in [5.74, 6) is 1.68. The molecule has 2 aliphatic heterocycles. The van der Waals surface area contributed by atoms with Gasteiger partial charge in [0.25, 0.3) is 0 Å². The minimum absolute atomic E-state index is 0.543. The first-order valence-electron chi connectivity index (χ1n) is 6.70. The average molecular weight is 242 g/mol. The van der Waals surface area contributed by atoms with Crippen LogP contribution in [-0.4, -0.2) is 26.2 Å². The van der Waals surface area contributed by atoms with Gasteiger partial charge in [0, 0.05) is 0 Å². The summed E-state index contributed by atoms with van der Waals surface area (Å²) in [6, 6.07) is 0. The van der Waals surface area contributed by atoms with Gasteiger partial charge in [-0.2, -0.15) is 0 Å². The molecule has 0 aromatic rings. The van der Waals surface area contributed by atoms with Crippen LogP contribution in [0.15, 0.2) is 35.1 Å². The van der Waals surface area contributed by atoms with Gasteiger partial charge in [-0.25, -0.2) is 0 Å². The molecule has 95 valence electrons. The molecule has 0 aromatic carbocycles. The van der Waals surface area contributed by atoms with Crippen molar-refractivity contribution in [3.63, 3.8) is 0 Å². The molecule has 18 heavy (non-hydrogen) atoms. The number of ether oxygens (including phenoxy) is 1. The summed E-state index contributed by atoms with van der Waals surface area (Å²) in [5.41, 5.74) is 3.68.